The monoisotopic (exact) mass is 374 g/mol. The Morgan fingerprint density at radius 2 is 1.80 bits per heavy atom. The summed E-state index contributed by atoms with van der Waals surface area (Å²) >= 11 is 11.7. The van der Waals surface area contributed by atoms with Crippen molar-refractivity contribution >= 4 is 46.1 Å². The fraction of sp³-hybridized carbons (Fsp3) is 0. The lowest BCUT2D eigenvalue weighted by atomic mass is 10.1. The van der Waals surface area contributed by atoms with Crippen LogP contribution in [0.2, 0.25) is 10.0 Å². The number of carbonyl (C=O) groups is 1. The Bertz CT molecular complexity index is 1000. The zero-order chi connectivity index (χ0) is 18.0. The molecular weight excluding hydrogens is 363 g/mol. The molecule has 0 atom stereocenters. The van der Waals surface area contributed by atoms with Crippen molar-refractivity contribution < 1.29 is 15.0 Å². The van der Waals surface area contributed by atoms with Crippen LogP contribution >= 0.6 is 23.2 Å². The maximum absolute atomic E-state index is 12.2. The lowest BCUT2D eigenvalue weighted by Crippen LogP contribution is -2.17. The molecule has 0 aliphatic rings. The summed E-state index contributed by atoms with van der Waals surface area (Å²) < 4.78 is 0. The van der Waals surface area contributed by atoms with E-state index in [0.717, 1.165) is 5.39 Å². The molecule has 0 fully saturated rings. The topological polar surface area (TPSA) is 81.9 Å². The highest BCUT2D eigenvalue weighted by atomic mass is 35.5. The van der Waals surface area contributed by atoms with Crippen LogP contribution in [-0.2, 0) is 0 Å². The van der Waals surface area contributed by atoms with Gasteiger partial charge in [-0.1, -0.05) is 53.5 Å². The molecule has 0 unspecified atom stereocenters. The minimum Gasteiger partial charge on any atom is -0.506 e. The number of fused-ring (bicyclic) bond motifs is 1. The number of phenolic OH excluding ortho intramolecular Hbond substituents is 2. The Morgan fingerprint density at radius 3 is 2.60 bits per heavy atom. The van der Waals surface area contributed by atoms with Gasteiger partial charge in [-0.15, -0.1) is 0 Å². The number of hydrazone groups is 1. The quantitative estimate of drug-likeness (QED) is 0.471. The number of phenols is 2. The van der Waals surface area contributed by atoms with Crippen LogP contribution in [0.1, 0.15) is 15.9 Å². The first-order valence-electron chi connectivity index (χ1n) is 7.19. The van der Waals surface area contributed by atoms with Crippen molar-refractivity contribution in [3.05, 3.63) is 69.7 Å². The molecule has 0 heterocycles. The molecule has 7 heteroatoms. The van der Waals surface area contributed by atoms with E-state index >= 15 is 0 Å². The maximum atomic E-state index is 12.2. The van der Waals surface area contributed by atoms with Gasteiger partial charge in [-0.2, -0.15) is 5.10 Å². The first kappa shape index (κ1) is 17.1. The second kappa shape index (κ2) is 7.01. The molecule has 0 saturated carbocycles. The van der Waals surface area contributed by atoms with Gasteiger partial charge in [0.15, 0.2) is 0 Å². The summed E-state index contributed by atoms with van der Waals surface area (Å²) in [4.78, 5) is 12.2. The molecule has 0 radical (unpaired) electrons. The van der Waals surface area contributed by atoms with Gasteiger partial charge in [0.05, 0.1) is 16.8 Å². The largest absolute Gasteiger partial charge is 0.506 e. The van der Waals surface area contributed by atoms with Crippen molar-refractivity contribution in [1.29, 1.82) is 0 Å². The van der Waals surface area contributed by atoms with E-state index < -0.39 is 5.91 Å². The highest BCUT2D eigenvalue weighted by Crippen LogP contribution is 2.30. The summed E-state index contributed by atoms with van der Waals surface area (Å²) in [5.74, 6) is -0.913. The highest BCUT2D eigenvalue weighted by Gasteiger charge is 2.13. The number of nitrogens with one attached hydrogen (secondary N) is 1. The van der Waals surface area contributed by atoms with E-state index in [9.17, 15) is 15.0 Å². The molecule has 0 aromatic heterocycles. The summed E-state index contributed by atoms with van der Waals surface area (Å²) in [5, 5.41) is 25.7. The summed E-state index contributed by atoms with van der Waals surface area (Å²) in [6, 6.07) is 13.2. The summed E-state index contributed by atoms with van der Waals surface area (Å²) in [6.07, 6.45) is 1.21. The number of carbonyl (C=O) groups excluding carboxylic acids is 1. The Morgan fingerprint density at radius 1 is 1.04 bits per heavy atom. The number of nitrogens with zero attached hydrogens (tertiary/aromatic N) is 1. The van der Waals surface area contributed by atoms with E-state index in [-0.39, 0.29) is 27.6 Å². The second-order valence-corrected chi connectivity index (χ2v) is 6.05. The van der Waals surface area contributed by atoms with E-state index in [1.165, 1.54) is 24.4 Å². The van der Waals surface area contributed by atoms with Gasteiger partial charge in [-0.25, -0.2) is 5.43 Å². The van der Waals surface area contributed by atoms with Crippen LogP contribution < -0.4 is 5.43 Å². The molecule has 126 valence electrons. The number of aromatic hydroxyl groups is 2. The van der Waals surface area contributed by atoms with Gasteiger partial charge in [-0.3, -0.25) is 4.79 Å². The lowest BCUT2D eigenvalue weighted by molar-refractivity contribution is 0.0952. The third-order valence-corrected chi connectivity index (χ3v) is 4.08. The summed E-state index contributed by atoms with van der Waals surface area (Å²) in [7, 11) is 0. The molecule has 1 amide bonds. The fourth-order valence-corrected chi connectivity index (χ4v) is 2.85. The van der Waals surface area contributed by atoms with Gasteiger partial charge in [0.25, 0.3) is 5.91 Å². The van der Waals surface area contributed by atoms with Crippen LogP contribution in [0.4, 0.5) is 0 Å². The number of hydrogen-bond donors (Lipinski definition) is 3. The highest BCUT2D eigenvalue weighted by molar-refractivity contribution is 6.36. The first-order chi connectivity index (χ1) is 12.0. The molecular formula is C18H12Cl2N2O3. The van der Waals surface area contributed by atoms with Gasteiger partial charge in [0.1, 0.15) is 11.5 Å². The SMILES string of the molecule is O=C(N/N=C/c1cc(Cl)cc(Cl)c1O)c1ccc2ccccc2c1O. The zero-order valence-electron chi connectivity index (χ0n) is 12.7. The van der Waals surface area contributed by atoms with Gasteiger partial charge in [-0.05, 0) is 23.6 Å². The number of hydrogen-bond acceptors (Lipinski definition) is 4. The first-order valence-corrected chi connectivity index (χ1v) is 7.95. The van der Waals surface area contributed by atoms with Gasteiger partial charge < -0.3 is 10.2 Å². The Labute approximate surface area is 153 Å². The third-order valence-electron chi connectivity index (χ3n) is 3.57. The van der Waals surface area contributed by atoms with Crippen molar-refractivity contribution in [2.24, 2.45) is 5.10 Å². The molecule has 0 spiro atoms. The van der Waals surface area contributed by atoms with Gasteiger partial charge >= 0.3 is 0 Å². The van der Waals surface area contributed by atoms with Crippen LogP contribution in [0.25, 0.3) is 10.8 Å². The Balaban J connectivity index is 1.83. The summed E-state index contributed by atoms with van der Waals surface area (Å²) in [5.41, 5.74) is 2.63. The molecule has 0 saturated heterocycles. The molecule has 3 N–H and O–H groups in total. The minimum absolute atomic E-state index is 0.0763. The van der Waals surface area contributed by atoms with E-state index in [4.69, 9.17) is 23.2 Å². The van der Waals surface area contributed by atoms with Gasteiger partial charge in [0.2, 0.25) is 0 Å². The predicted octanol–water partition coefficient (Wildman–Crippen LogP) is 4.32. The van der Waals surface area contributed by atoms with Crippen LogP contribution in [0.5, 0.6) is 11.5 Å². The van der Waals surface area contributed by atoms with E-state index in [1.807, 2.05) is 12.1 Å². The van der Waals surface area contributed by atoms with Crippen molar-refractivity contribution in [3.8, 4) is 11.5 Å². The van der Waals surface area contributed by atoms with Crippen molar-refractivity contribution in [3.63, 3.8) is 0 Å². The van der Waals surface area contributed by atoms with Gasteiger partial charge in [0, 0.05) is 16.0 Å². The number of halogens is 2. The van der Waals surface area contributed by atoms with Crippen LogP contribution in [-0.4, -0.2) is 22.3 Å². The molecule has 3 aromatic rings. The van der Waals surface area contributed by atoms with Crippen LogP contribution in [0, 0.1) is 0 Å². The number of rotatable bonds is 3. The second-order valence-electron chi connectivity index (χ2n) is 5.21. The van der Waals surface area contributed by atoms with E-state index in [1.54, 1.807) is 18.2 Å². The van der Waals surface area contributed by atoms with E-state index in [2.05, 4.69) is 10.5 Å². The molecule has 3 aromatic carbocycles. The number of amides is 1. The standard InChI is InChI=1S/C18H12Cl2N2O3/c19-12-7-11(16(23)15(20)8-12)9-21-22-18(25)14-6-5-10-3-1-2-4-13(10)17(14)24/h1-9,23-24H,(H,22,25)/b21-9+. The molecule has 0 aliphatic heterocycles. The maximum Gasteiger partial charge on any atom is 0.275 e. The Kier molecular flexibility index (Phi) is 4.79. The van der Waals surface area contributed by atoms with Crippen molar-refractivity contribution in [1.82, 2.24) is 5.43 Å². The average Bonchev–Trinajstić information content (AvgIpc) is 2.59. The van der Waals surface area contributed by atoms with Crippen molar-refractivity contribution in [2.45, 2.75) is 0 Å². The molecule has 5 nitrogen and oxygen atoms in total. The predicted molar refractivity (Wildman–Crippen MR) is 98.8 cm³/mol. The third kappa shape index (κ3) is 3.52. The Hall–Kier alpha value is -2.76. The van der Waals surface area contributed by atoms with E-state index in [0.29, 0.717) is 10.4 Å². The van der Waals surface area contributed by atoms with Crippen LogP contribution in [0.15, 0.2) is 53.6 Å². The lowest BCUT2D eigenvalue weighted by Gasteiger charge is -2.07. The smallest absolute Gasteiger partial charge is 0.275 e. The van der Waals surface area contributed by atoms with Crippen molar-refractivity contribution in [2.75, 3.05) is 0 Å². The summed E-state index contributed by atoms with van der Waals surface area (Å²) in [6.45, 7) is 0. The average molecular weight is 375 g/mol. The molecule has 3 rings (SSSR count). The number of benzene rings is 3. The normalized spacial score (nSPS) is 11.1. The zero-order valence-corrected chi connectivity index (χ0v) is 14.2. The fourth-order valence-electron chi connectivity index (χ4n) is 2.34. The molecule has 0 bridgehead atoms. The minimum atomic E-state index is -0.591. The molecule has 0 aliphatic carbocycles. The van der Waals surface area contributed by atoms with Crippen LogP contribution in [0.3, 0.4) is 0 Å². The molecule has 25 heavy (non-hydrogen) atoms.